The molecule has 0 aliphatic rings. The largest absolute Gasteiger partial charge is 0.310 e. The summed E-state index contributed by atoms with van der Waals surface area (Å²) in [5, 5.41) is 3.98. The number of hydrogen-bond donors (Lipinski definition) is 2. The van der Waals surface area contributed by atoms with E-state index in [1.165, 1.54) is 29.6 Å². The average molecular weight is 354 g/mol. The summed E-state index contributed by atoms with van der Waals surface area (Å²) in [4.78, 5) is 19.1. The van der Waals surface area contributed by atoms with Crippen LogP contribution in [0.5, 0.6) is 0 Å². The molecule has 0 spiro atoms. The van der Waals surface area contributed by atoms with E-state index in [4.69, 9.17) is 0 Å². The van der Waals surface area contributed by atoms with Gasteiger partial charge in [-0.2, -0.15) is 0 Å². The molecule has 1 unspecified atom stereocenters. The number of hydrogen-bond acceptors (Lipinski definition) is 4. The smallest absolute Gasteiger partial charge is 0.251 e. The Morgan fingerprint density at radius 3 is 2.90 bits per heavy atom. The van der Waals surface area contributed by atoms with Crippen molar-refractivity contribution in [1.82, 2.24) is 15.3 Å². The van der Waals surface area contributed by atoms with Gasteiger partial charge in [0.25, 0.3) is 5.56 Å². The van der Waals surface area contributed by atoms with Gasteiger partial charge in [0.2, 0.25) is 0 Å². The second kappa shape index (κ2) is 7.06. The van der Waals surface area contributed by atoms with Crippen molar-refractivity contribution in [3.05, 3.63) is 50.9 Å². The highest BCUT2D eigenvalue weighted by Crippen LogP contribution is 2.31. The van der Waals surface area contributed by atoms with Crippen LogP contribution in [-0.2, 0) is 0 Å². The molecule has 6 heteroatoms. The van der Waals surface area contributed by atoms with Crippen LogP contribution in [0.25, 0.3) is 0 Å². The third-order valence-electron chi connectivity index (χ3n) is 2.81. The first kappa shape index (κ1) is 15.3. The molecule has 0 aliphatic carbocycles. The zero-order chi connectivity index (χ0) is 14.5. The molecule has 0 aliphatic heterocycles. The number of H-pyrrole nitrogens is 1. The van der Waals surface area contributed by atoms with Crippen molar-refractivity contribution in [3.63, 3.8) is 0 Å². The molecule has 1 heterocycles. The summed E-state index contributed by atoms with van der Waals surface area (Å²) in [6.45, 7) is 5.15. The second-order valence-electron chi connectivity index (χ2n) is 4.30. The molecule has 1 aromatic carbocycles. The Morgan fingerprint density at radius 2 is 2.25 bits per heavy atom. The fourth-order valence-electron chi connectivity index (χ4n) is 1.85. The Balaban J connectivity index is 2.19. The normalized spacial score (nSPS) is 12.3. The van der Waals surface area contributed by atoms with Gasteiger partial charge in [-0.1, -0.05) is 40.7 Å². The van der Waals surface area contributed by atoms with Crippen molar-refractivity contribution in [2.24, 2.45) is 0 Å². The Hall–Kier alpha value is -1.11. The molecule has 0 amide bonds. The monoisotopic (exact) mass is 353 g/mol. The van der Waals surface area contributed by atoms with Crippen LogP contribution < -0.4 is 10.9 Å². The van der Waals surface area contributed by atoms with Gasteiger partial charge in [0.15, 0.2) is 5.16 Å². The Morgan fingerprint density at radius 1 is 1.45 bits per heavy atom. The first-order valence-corrected chi connectivity index (χ1v) is 7.97. The standard InChI is InChI=1S/C14H16BrN3OS/c1-3-16-9(2)11-5-4-10(8-12(11)15)20-14-17-7-6-13(19)18-14/h4-9,16H,3H2,1-2H3,(H,17,18,19). The highest BCUT2D eigenvalue weighted by molar-refractivity contribution is 9.10. The van der Waals surface area contributed by atoms with Crippen molar-refractivity contribution in [2.45, 2.75) is 29.9 Å². The number of nitrogens with zero attached hydrogens (tertiary/aromatic N) is 1. The number of nitrogens with one attached hydrogen (secondary N) is 2. The lowest BCUT2D eigenvalue weighted by atomic mass is 10.1. The highest BCUT2D eigenvalue weighted by atomic mass is 79.9. The lowest BCUT2D eigenvalue weighted by Crippen LogP contribution is -2.18. The average Bonchev–Trinajstić information content (AvgIpc) is 2.39. The van der Waals surface area contributed by atoms with Crippen molar-refractivity contribution in [2.75, 3.05) is 6.54 Å². The van der Waals surface area contributed by atoms with Gasteiger partial charge in [0, 0.05) is 27.7 Å². The Kier molecular flexibility index (Phi) is 5.39. The van der Waals surface area contributed by atoms with Crippen molar-refractivity contribution in [1.29, 1.82) is 0 Å². The summed E-state index contributed by atoms with van der Waals surface area (Å²) in [6.07, 6.45) is 1.51. The van der Waals surface area contributed by atoms with E-state index in [-0.39, 0.29) is 5.56 Å². The molecule has 1 aromatic heterocycles. The molecule has 0 saturated heterocycles. The third kappa shape index (κ3) is 3.94. The summed E-state index contributed by atoms with van der Waals surface area (Å²) < 4.78 is 1.05. The van der Waals surface area contributed by atoms with Crippen molar-refractivity contribution < 1.29 is 0 Å². The maximum absolute atomic E-state index is 11.2. The van der Waals surface area contributed by atoms with Crippen LogP contribution in [0.2, 0.25) is 0 Å². The van der Waals surface area contributed by atoms with Gasteiger partial charge in [-0.05, 0) is 31.2 Å². The summed E-state index contributed by atoms with van der Waals surface area (Å²) >= 11 is 5.03. The molecule has 0 bridgehead atoms. The van der Waals surface area contributed by atoms with Crippen LogP contribution in [0.15, 0.2) is 49.8 Å². The zero-order valence-electron chi connectivity index (χ0n) is 11.3. The van der Waals surface area contributed by atoms with E-state index in [9.17, 15) is 4.79 Å². The van der Waals surface area contributed by atoms with Gasteiger partial charge in [0.1, 0.15) is 0 Å². The zero-order valence-corrected chi connectivity index (χ0v) is 13.7. The van der Waals surface area contributed by atoms with Crippen LogP contribution in [0, 0.1) is 0 Å². The summed E-state index contributed by atoms with van der Waals surface area (Å²) in [5.74, 6) is 0. The fourth-order valence-corrected chi connectivity index (χ4v) is 3.53. The predicted octanol–water partition coefficient (Wildman–Crippen LogP) is 3.35. The van der Waals surface area contributed by atoms with E-state index >= 15 is 0 Å². The van der Waals surface area contributed by atoms with E-state index in [1.54, 1.807) is 0 Å². The predicted molar refractivity (Wildman–Crippen MR) is 85.2 cm³/mol. The first-order chi connectivity index (χ1) is 9.60. The van der Waals surface area contributed by atoms with Gasteiger partial charge >= 0.3 is 0 Å². The molecule has 20 heavy (non-hydrogen) atoms. The van der Waals surface area contributed by atoms with Crippen LogP contribution in [-0.4, -0.2) is 16.5 Å². The first-order valence-electron chi connectivity index (χ1n) is 6.36. The maximum atomic E-state index is 11.2. The van der Waals surface area contributed by atoms with Gasteiger partial charge in [-0.15, -0.1) is 0 Å². The molecule has 1 atom stereocenters. The number of halogens is 1. The molecule has 0 radical (unpaired) electrons. The van der Waals surface area contributed by atoms with E-state index in [2.05, 4.69) is 51.1 Å². The number of aromatic amines is 1. The SMILES string of the molecule is CCNC(C)c1ccc(Sc2nccc(=O)[nH]2)cc1Br. The molecular weight excluding hydrogens is 338 g/mol. The van der Waals surface area contributed by atoms with Crippen molar-refractivity contribution >= 4 is 27.7 Å². The molecule has 4 nitrogen and oxygen atoms in total. The Bertz CT molecular complexity index is 644. The number of aromatic nitrogens is 2. The van der Waals surface area contributed by atoms with E-state index in [0.717, 1.165) is 15.9 Å². The third-order valence-corrected chi connectivity index (χ3v) is 4.39. The quantitative estimate of drug-likeness (QED) is 0.809. The van der Waals surface area contributed by atoms with Crippen LogP contribution in [0.1, 0.15) is 25.5 Å². The number of benzene rings is 1. The maximum Gasteiger partial charge on any atom is 0.251 e. The highest BCUT2D eigenvalue weighted by Gasteiger charge is 2.09. The minimum Gasteiger partial charge on any atom is -0.310 e. The molecule has 106 valence electrons. The minimum atomic E-state index is -0.140. The van der Waals surface area contributed by atoms with Crippen molar-refractivity contribution in [3.8, 4) is 0 Å². The lowest BCUT2D eigenvalue weighted by Gasteiger charge is -2.15. The molecular formula is C14H16BrN3OS. The summed E-state index contributed by atoms with van der Waals surface area (Å²) in [6, 6.07) is 7.86. The second-order valence-corrected chi connectivity index (χ2v) is 6.22. The minimum absolute atomic E-state index is 0.140. The molecule has 0 fully saturated rings. The summed E-state index contributed by atoms with van der Waals surface area (Å²) in [7, 11) is 0. The van der Waals surface area contributed by atoms with Gasteiger partial charge in [0.05, 0.1) is 0 Å². The van der Waals surface area contributed by atoms with Gasteiger partial charge < -0.3 is 10.3 Å². The molecule has 2 N–H and O–H groups in total. The van der Waals surface area contributed by atoms with Crippen LogP contribution >= 0.6 is 27.7 Å². The summed E-state index contributed by atoms with van der Waals surface area (Å²) in [5.41, 5.74) is 1.07. The van der Waals surface area contributed by atoms with Gasteiger partial charge in [-0.25, -0.2) is 4.98 Å². The molecule has 2 aromatic rings. The van der Waals surface area contributed by atoms with Crippen LogP contribution in [0.4, 0.5) is 0 Å². The van der Waals surface area contributed by atoms with Gasteiger partial charge in [-0.3, -0.25) is 4.79 Å². The van der Waals surface area contributed by atoms with E-state index in [0.29, 0.717) is 11.2 Å². The van der Waals surface area contributed by atoms with Crippen LogP contribution in [0.3, 0.4) is 0 Å². The van der Waals surface area contributed by atoms with E-state index in [1.807, 2.05) is 12.1 Å². The fraction of sp³-hybridized carbons (Fsp3) is 0.286. The molecule has 2 rings (SSSR count). The van der Waals surface area contributed by atoms with E-state index < -0.39 is 0 Å². The lowest BCUT2D eigenvalue weighted by molar-refractivity contribution is 0.595. The number of rotatable bonds is 5. The molecule has 0 saturated carbocycles. The topological polar surface area (TPSA) is 57.8 Å². The Labute approximate surface area is 130 Å².